The first kappa shape index (κ1) is 17.6. The molecule has 23 heavy (non-hydrogen) atoms. The molecule has 0 bridgehead atoms. The SMILES string of the molecule is O=C(O)[C@H]1O[C@@H](Oc2ccc(CCCO)cc2)[C@H](O)[C@@H](O)[C@@H]1O. The van der Waals surface area contributed by atoms with Crippen molar-refractivity contribution in [3.05, 3.63) is 29.8 Å². The molecule has 5 atom stereocenters. The minimum atomic E-state index is -1.75. The van der Waals surface area contributed by atoms with Crippen LogP contribution in [0.3, 0.4) is 0 Å². The zero-order valence-corrected chi connectivity index (χ0v) is 12.3. The van der Waals surface area contributed by atoms with Gasteiger partial charge in [0.15, 0.2) is 6.10 Å². The minimum absolute atomic E-state index is 0.0944. The molecule has 0 unspecified atom stereocenters. The van der Waals surface area contributed by atoms with Gasteiger partial charge in [0.2, 0.25) is 6.29 Å². The van der Waals surface area contributed by atoms with Crippen molar-refractivity contribution in [2.24, 2.45) is 0 Å². The molecule has 1 saturated heterocycles. The Bertz CT molecular complexity index is 517. The number of aliphatic hydroxyl groups is 4. The Morgan fingerprint density at radius 1 is 1.09 bits per heavy atom. The van der Waals surface area contributed by atoms with E-state index in [1.54, 1.807) is 24.3 Å². The second-order valence-electron chi connectivity index (χ2n) is 5.32. The predicted molar refractivity (Wildman–Crippen MR) is 76.8 cm³/mol. The van der Waals surface area contributed by atoms with E-state index >= 15 is 0 Å². The third kappa shape index (κ3) is 4.18. The number of benzene rings is 1. The molecule has 0 aromatic heterocycles. The lowest BCUT2D eigenvalue weighted by Crippen LogP contribution is -2.61. The Balaban J connectivity index is 2.04. The Morgan fingerprint density at radius 2 is 1.74 bits per heavy atom. The van der Waals surface area contributed by atoms with Crippen LogP contribution >= 0.6 is 0 Å². The summed E-state index contributed by atoms with van der Waals surface area (Å²) in [4.78, 5) is 11.0. The van der Waals surface area contributed by atoms with Crippen molar-refractivity contribution in [3.8, 4) is 5.75 Å². The Kier molecular flexibility index (Phi) is 5.91. The van der Waals surface area contributed by atoms with Crippen molar-refractivity contribution >= 4 is 5.97 Å². The van der Waals surface area contributed by atoms with Gasteiger partial charge in [-0.05, 0) is 30.5 Å². The summed E-state index contributed by atoms with van der Waals surface area (Å²) in [5, 5.41) is 46.9. The maximum atomic E-state index is 11.0. The number of carboxylic acids is 1. The lowest BCUT2D eigenvalue weighted by atomic mass is 9.99. The van der Waals surface area contributed by atoms with Gasteiger partial charge in [-0.2, -0.15) is 0 Å². The number of hydrogen-bond donors (Lipinski definition) is 5. The number of aliphatic hydroxyl groups excluding tert-OH is 4. The molecule has 0 spiro atoms. The van der Waals surface area contributed by atoms with Gasteiger partial charge in [-0.3, -0.25) is 0 Å². The molecule has 1 aromatic rings. The van der Waals surface area contributed by atoms with Crippen LogP contribution in [0.4, 0.5) is 0 Å². The number of hydrogen-bond acceptors (Lipinski definition) is 7. The van der Waals surface area contributed by atoms with Gasteiger partial charge in [0.1, 0.15) is 24.1 Å². The van der Waals surface area contributed by atoms with E-state index in [1.807, 2.05) is 0 Å². The van der Waals surface area contributed by atoms with Gasteiger partial charge in [0.05, 0.1) is 0 Å². The van der Waals surface area contributed by atoms with Crippen LogP contribution in [-0.2, 0) is 16.0 Å². The number of aliphatic carboxylic acids is 1. The normalized spacial score (nSPS) is 30.9. The summed E-state index contributed by atoms with van der Waals surface area (Å²) in [6.07, 6.45) is -6.81. The topological polar surface area (TPSA) is 137 Å². The van der Waals surface area contributed by atoms with E-state index in [4.69, 9.17) is 19.7 Å². The Labute approximate surface area is 132 Å². The molecule has 1 heterocycles. The summed E-state index contributed by atoms with van der Waals surface area (Å²) < 4.78 is 10.4. The molecule has 5 N–H and O–H groups in total. The summed E-state index contributed by atoms with van der Waals surface area (Å²) in [7, 11) is 0. The van der Waals surface area contributed by atoms with Gasteiger partial charge < -0.3 is 35.0 Å². The molecule has 2 rings (SSSR count). The van der Waals surface area contributed by atoms with Crippen LogP contribution in [0.1, 0.15) is 12.0 Å². The maximum Gasteiger partial charge on any atom is 0.335 e. The van der Waals surface area contributed by atoms with Gasteiger partial charge in [-0.1, -0.05) is 12.1 Å². The molecule has 8 nitrogen and oxygen atoms in total. The molecule has 8 heteroatoms. The number of ether oxygens (including phenoxy) is 2. The Hall–Kier alpha value is -1.71. The van der Waals surface area contributed by atoms with Gasteiger partial charge >= 0.3 is 5.97 Å². The van der Waals surface area contributed by atoms with E-state index in [0.717, 1.165) is 5.56 Å². The highest BCUT2D eigenvalue weighted by Crippen LogP contribution is 2.25. The third-order valence-electron chi connectivity index (χ3n) is 3.61. The molecule has 1 aliphatic heterocycles. The van der Waals surface area contributed by atoms with Crippen LogP contribution in [0.5, 0.6) is 5.75 Å². The van der Waals surface area contributed by atoms with Gasteiger partial charge in [-0.15, -0.1) is 0 Å². The lowest BCUT2D eigenvalue weighted by molar-refractivity contribution is -0.271. The fraction of sp³-hybridized carbons (Fsp3) is 0.533. The molecule has 128 valence electrons. The van der Waals surface area contributed by atoms with E-state index in [2.05, 4.69) is 0 Å². The standard InChI is InChI=1S/C15H20O8/c16-7-1-2-8-3-5-9(6-4-8)22-15-12(19)10(17)11(18)13(23-15)14(20)21/h3-6,10-13,15-19H,1-2,7H2,(H,20,21)/t10-,11-,12+,13-,15+/m0/s1. The highest BCUT2D eigenvalue weighted by Gasteiger charge is 2.48. The van der Waals surface area contributed by atoms with E-state index < -0.39 is 36.7 Å². The van der Waals surface area contributed by atoms with Crippen molar-refractivity contribution in [2.45, 2.75) is 43.5 Å². The third-order valence-corrected chi connectivity index (χ3v) is 3.61. The molecule has 1 fully saturated rings. The lowest BCUT2D eigenvalue weighted by Gasteiger charge is -2.38. The summed E-state index contributed by atoms with van der Waals surface area (Å²) >= 11 is 0. The van der Waals surface area contributed by atoms with Gasteiger partial charge in [-0.25, -0.2) is 4.79 Å². The molecular formula is C15H20O8. The number of carbonyl (C=O) groups is 1. The van der Waals surface area contributed by atoms with Crippen molar-refractivity contribution in [1.29, 1.82) is 0 Å². The highest BCUT2D eigenvalue weighted by molar-refractivity contribution is 5.73. The number of rotatable bonds is 6. The quantitative estimate of drug-likeness (QED) is 0.443. The van der Waals surface area contributed by atoms with Crippen LogP contribution < -0.4 is 4.74 Å². The first-order valence-corrected chi connectivity index (χ1v) is 7.23. The predicted octanol–water partition coefficient (Wildman–Crippen LogP) is -1.12. The average Bonchev–Trinajstić information content (AvgIpc) is 2.54. The largest absolute Gasteiger partial charge is 0.479 e. The molecule has 0 amide bonds. The molecule has 0 aliphatic carbocycles. The number of aryl methyl sites for hydroxylation is 1. The molecule has 1 aliphatic rings. The number of carboxylic acid groups (broad SMARTS) is 1. The molecular weight excluding hydrogens is 308 g/mol. The zero-order chi connectivity index (χ0) is 17.0. The van der Waals surface area contributed by atoms with Crippen molar-refractivity contribution < 1.29 is 39.8 Å². The van der Waals surface area contributed by atoms with Gasteiger partial charge in [0, 0.05) is 6.61 Å². The molecule has 0 radical (unpaired) electrons. The van der Waals surface area contributed by atoms with Crippen molar-refractivity contribution in [3.63, 3.8) is 0 Å². The Morgan fingerprint density at radius 3 is 2.30 bits per heavy atom. The molecule has 0 saturated carbocycles. The first-order chi connectivity index (χ1) is 10.9. The summed E-state index contributed by atoms with van der Waals surface area (Å²) in [5.41, 5.74) is 0.982. The molecule has 1 aromatic carbocycles. The monoisotopic (exact) mass is 328 g/mol. The van der Waals surface area contributed by atoms with Gasteiger partial charge in [0.25, 0.3) is 0 Å². The van der Waals surface area contributed by atoms with E-state index in [0.29, 0.717) is 18.6 Å². The van der Waals surface area contributed by atoms with E-state index in [9.17, 15) is 20.1 Å². The summed E-state index contributed by atoms with van der Waals surface area (Å²) in [6.45, 7) is 0.0944. The average molecular weight is 328 g/mol. The fourth-order valence-corrected chi connectivity index (χ4v) is 2.30. The van der Waals surface area contributed by atoms with Crippen LogP contribution in [0.2, 0.25) is 0 Å². The van der Waals surface area contributed by atoms with E-state index in [1.165, 1.54) is 0 Å². The summed E-state index contributed by atoms with van der Waals surface area (Å²) in [6, 6.07) is 6.74. The van der Waals surface area contributed by atoms with Crippen molar-refractivity contribution in [2.75, 3.05) is 6.61 Å². The highest BCUT2D eigenvalue weighted by atomic mass is 16.7. The zero-order valence-electron chi connectivity index (χ0n) is 12.3. The smallest absolute Gasteiger partial charge is 0.335 e. The summed E-state index contributed by atoms with van der Waals surface area (Å²) in [5.74, 6) is -1.15. The van der Waals surface area contributed by atoms with Crippen LogP contribution in [-0.4, -0.2) is 68.8 Å². The fourth-order valence-electron chi connectivity index (χ4n) is 2.30. The second kappa shape index (κ2) is 7.71. The maximum absolute atomic E-state index is 11.0. The van der Waals surface area contributed by atoms with Crippen molar-refractivity contribution in [1.82, 2.24) is 0 Å². The first-order valence-electron chi connectivity index (χ1n) is 7.23. The second-order valence-corrected chi connectivity index (χ2v) is 5.32. The van der Waals surface area contributed by atoms with Crippen LogP contribution in [0, 0.1) is 0 Å². The van der Waals surface area contributed by atoms with Crippen LogP contribution in [0.25, 0.3) is 0 Å². The minimum Gasteiger partial charge on any atom is -0.479 e. The van der Waals surface area contributed by atoms with Crippen LogP contribution in [0.15, 0.2) is 24.3 Å². The van der Waals surface area contributed by atoms with E-state index in [-0.39, 0.29) is 6.61 Å².